The van der Waals surface area contributed by atoms with Crippen LogP contribution in [0.3, 0.4) is 0 Å². The molecule has 0 aliphatic heterocycles. The number of hydrogen-bond acceptors (Lipinski definition) is 3. The molecule has 0 radical (unpaired) electrons. The van der Waals surface area contributed by atoms with E-state index in [9.17, 15) is 9.59 Å². The molecular weight excluding hydrogens is 250 g/mol. The number of nitrogens with zero attached hydrogens (tertiary/aromatic N) is 1. The molecule has 1 heterocycles. The van der Waals surface area contributed by atoms with Crippen molar-refractivity contribution >= 4 is 11.6 Å². The molecular formula is C17H23NO2. The number of hydrogen-bond donors (Lipinski definition) is 0. The fourth-order valence-corrected chi connectivity index (χ4v) is 2.31. The summed E-state index contributed by atoms with van der Waals surface area (Å²) in [5.74, 6) is 0.547. The van der Waals surface area contributed by atoms with E-state index in [1.807, 2.05) is 40.7 Å². The smallest absolute Gasteiger partial charge is 0.169 e. The van der Waals surface area contributed by atoms with Crippen LogP contribution in [0.25, 0.3) is 0 Å². The number of carbonyl (C=O) groups is 2. The topological polar surface area (TPSA) is 47.0 Å². The van der Waals surface area contributed by atoms with Gasteiger partial charge in [-0.25, -0.2) is 0 Å². The molecule has 1 aromatic rings. The van der Waals surface area contributed by atoms with Crippen molar-refractivity contribution < 1.29 is 9.59 Å². The number of Topliss-reactive ketones (excluding diaryl/α,β-unsaturated/α-hetero) is 2. The lowest BCUT2D eigenvalue weighted by Gasteiger charge is -2.23. The van der Waals surface area contributed by atoms with E-state index >= 15 is 0 Å². The molecule has 0 N–H and O–H groups in total. The minimum Gasteiger partial charge on any atom is -0.298 e. The Hall–Kier alpha value is -1.51. The lowest BCUT2D eigenvalue weighted by atomic mass is 9.81. The van der Waals surface area contributed by atoms with Crippen LogP contribution in [0.1, 0.15) is 63.5 Å². The molecule has 1 fully saturated rings. The molecule has 0 amide bonds. The molecule has 1 aliphatic carbocycles. The van der Waals surface area contributed by atoms with Gasteiger partial charge in [-0.1, -0.05) is 20.8 Å². The van der Waals surface area contributed by atoms with Crippen LogP contribution in [0.5, 0.6) is 0 Å². The summed E-state index contributed by atoms with van der Waals surface area (Å²) in [6.07, 6.45) is 3.61. The van der Waals surface area contributed by atoms with Crippen LogP contribution in [-0.2, 0) is 10.2 Å². The van der Waals surface area contributed by atoms with Crippen LogP contribution < -0.4 is 0 Å². The Morgan fingerprint density at radius 2 is 1.70 bits per heavy atom. The molecule has 0 saturated heterocycles. The van der Waals surface area contributed by atoms with E-state index in [0.29, 0.717) is 5.56 Å². The van der Waals surface area contributed by atoms with Crippen molar-refractivity contribution in [2.45, 2.75) is 52.9 Å². The fourth-order valence-electron chi connectivity index (χ4n) is 2.31. The van der Waals surface area contributed by atoms with Crippen molar-refractivity contribution in [3.63, 3.8) is 0 Å². The third kappa shape index (κ3) is 2.82. The van der Waals surface area contributed by atoms with Gasteiger partial charge in [0, 0.05) is 23.1 Å². The van der Waals surface area contributed by atoms with Crippen molar-refractivity contribution in [2.75, 3.05) is 0 Å². The van der Waals surface area contributed by atoms with E-state index in [4.69, 9.17) is 0 Å². The molecule has 3 nitrogen and oxygen atoms in total. The Labute approximate surface area is 120 Å². The lowest BCUT2D eigenvalue weighted by Crippen LogP contribution is -2.31. The summed E-state index contributed by atoms with van der Waals surface area (Å²) in [6, 6.07) is 3.61. The summed E-state index contributed by atoms with van der Waals surface area (Å²) in [6.45, 7) is 9.51. The van der Waals surface area contributed by atoms with Crippen LogP contribution in [0.2, 0.25) is 0 Å². The molecule has 0 bridgehead atoms. The average Bonchev–Trinajstić information content (AvgIpc) is 3.20. The highest BCUT2D eigenvalue weighted by Gasteiger charge is 2.41. The highest BCUT2D eigenvalue weighted by Crippen LogP contribution is 2.38. The Balaban J connectivity index is 2.24. The maximum atomic E-state index is 12.3. The van der Waals surface area contributed by atoms with Crippen LogP contribution in [-0.4, -0.2) is 16.6 Å². The second kappa shape index (κ2) is 4.80. The zero-order valence-electron chi connectivity index (χ0n) is 13.0. The molecule has 2 rings (SSSR count). The third-order valence-corrected chi connectivity index (χ3v) is 3.91. The first-order valence-corrected chi connectivity index (χ1v) is 7.19. The van der Waals surface area contributed by atoms with Crippen LogP contribution >= 0.6 is 0 Å². The molecule has 0 unspecified atom stereocenters. The first kappa shape index (κ1) is 14.9. The summed E-state index contributed by atoms with van der Waals surface area (Å²) in [5.41, 5.74) is 0.378. The van der Waals surface area contributed by atoms with Gasteiger partial charge in [-0.15, -0.1) is 0 Å². The van der Waals surface area contributed by atoms with Crippen molar-refractivity contribution in [1.29, 1.82) is 0 Å². The fraction of sp³-hybridized carbons (Fsp3) is 0.588. The van der Waals surface area contributed by atoms with E-state index in [0.717, 1.165) is 18.5 Å². The largest absolute Gasteiger partial charge is 0.298 e. The lowest BCUT2D eigenvalue weighted by molar-refractivity contribution is -0.124. The predicted molar refractivity (Wildman–Crippen MR) is 78.8 cm³/mol. The number of rotatable bonds is 4. The summed E-state index contributed by atoms with van der Waals surface area (Å²) in [4.78, 5) is 28.8. The third-order valence-electron chi connectivity index (χ3n) is 3.91. The van der Waals surface area contributed by atoms with Crippen molar-refractivity contribution in [3.05, 3.63) is 29.6 Å². The molecule has 1 saturated carbocycles. The first-order chi connectivity index (χ1) is 9.14. The van der Waals surface area contributed by atoms with Crippen LogP contribution in [0, 0.1) is 11.3 Å². The monoisotopic (exact) mass is 273 g/mol. The maximum absolute atomic E-state index is 12.3. The van der Waals surface area contributed by atoms with Gasteiger partial charge in [0.05, 0.1) is 11.1 Å². The summed E-state index contributed by atoms with van der Waals surface area (Å²) in [5, 5.41) is 0. The Bertz CT molecular complexity index is 531. The molecule has 1 aromatic heterocycles. The maximum Gasteiger partial charge on any atom is 0.169 e. The normalized spacial score (nSPS) is 16.1. The molecule has 1 aliphatic rings. The van der Waals surface area contributed by atoms with E-state index < -0.39 is 10.8 Å². The first-order valence-electron chi connectivity index (χ1n) is 7.19. The highest BCUT2D eigenvalue weighted by atomic mass is 16.1. The number of aromatic nitrogens is 1. The number of pyridine rings is 1. The summed E-state index contributed by atoms with van der Waals surface area (Å²) in [7, 11) is 0. The van der Waals surface area contributed by atoms with Gasteiger partial charge in [-0.05, 0) is 38.8 Å². The van der Waals surface area contributed by atoms with Gasteiger partial charge in [-0.2, -0.15) is 0 Å². The van der Waals surface area contributed by atoms with Crippen molar-refractivity contribution in [2.24, 2.45) is 11.3 Å². The van der Waals surface area contributed by atoms with Gasteiger partial charge in [0.25, 0.3) is 0 Å². The summed E-state index contributed by atoms with van der Waals surface area (Å²) >= 11 is 0. The molecule has 3 heteroatoms. The van der Waals surface area contributed by atoms with E-state index in [-0.39, 0.29) is 17.5 Å². The Morgan fingerprint density at radius 3 is 2.10 bits per heavy atom. The van der Waals surface area contributed by atoms with Gasteiger partial charge >= 0.3 is 0 Å². The van der Waals surface area contributed by atoms with Crippen LogP contribution in [0.4, 0.5) is 0 Å². The van der Waals surface area contributed by atoms with E-state index in [1.54, 1.807) is 12.3 Å². The number of ketones is 2. The van der Waals surface area contributed by atoms with Gasteiger partial charge in [0.15, 0.2) is 5.78 Å². The molecule has 108 valence electrons. The van der Waals surface area contributed by atoms with Crippen molar-refractivity contribution in [1.82, 2.24) is 4.98 Å². The molecule has 20 heavy (non-hydrogen) atoms. The zero-order valence-corrected chi connectivity index (χ0v) is 13.0. The second-order valence-corrected chi connectivity index (χ2v) is 7.27. The minimum absolute atomic E-state index is 0.0721. The quantitative estimate of drug-likeness (QED) is 0.788. The van der Waals surface area contributed by atoms with Gasteiger partial charge in [0.1, 0.15) is 5.78 Å². The van der Waals surface area contributed by atoms with Gasteiger partial charge < -0.3 is 0 Å². The van der Waals surface area contributed by atoms with Crippen LogP contribution in [0.15, 0.2) is 18.3 Å². The highest BCUT2D eigenvalue weighted by molar-refractivity contribution is 5.99. The Kier molecular flexibility index (Phi) is 3.57. The second-order valence-electron chi connectivity index (χ2n) is 7.27. The SMILES string of the molecule is CC(C)(C)C(=O)c1ccc(C(C)(C)C(=O)C2CC2)nc1. The molecule has 0 spiro atoms. The van der Waals surface area contributed by atoms with E-state index in [1.165, 1.54) is 0 Å². The number of carbonyl (C=O) groups excluding carboxylic acids is 2. The standard InChI is InChI=1S/C17H23NO2/c1-16(2,3)14(19)12-8-9-13(18-10-12)17(4,5)15(20)11-6-7-11/h8-11H,6-7H2,1-5H3. The average molecular weight is 273 g/mol. The Morgan fingerprint density at radius 1 is 1.10 bits per heavy atom. The molecule has 0 atom stereocenters. The zero-order chi connectivity index (χ0) is 15.1. The molecule has 0 aromatic carbocycles. The predicted octanol–water partition coefficient (Wildman–Crippen LogP) is 3.57. The summed E-state index contributed by atoms with van der Waals surface area (Å²) < 4.78 is 0. The van der Waals surface area contributed by atoms with Crippen molar-refractivity contribution in [3.8, 4) is 0 Å². The van der Waals surface area contributed by atoms with E-state index in [2.05, 4.69) is 4.98 Å². The van der Waals surface area contributed by atoms with Gasteiger partial charge in [-0.3, -0.25) is 14.6 Å². The minimum atomic E-state index is -0.565. The van der Waals surface area contributed by atoms with Gasteiger partial charge in [0.2, 0.25) is 0 Å².